The molecule has 2 rings (SSSR count). The standard InChI is InChI=1S/C16H23ClN2O4S/c17-13-3-1-2-4-14(13)24(21,22)15(23-12-20)11-16(5-8-18)6-9-19-10-7-16/h1-4,12,15,19H,5-11,18H2. The molecule has 8 heteroatoms. The molecule has 1 saturated heterocycles. The molecule has 1 aliphatic heterocycles. The van der Waals surface area contributed by atoms with Crippen LogP contribution in [-0.4, -0.2) is 40.0 Å². The van der Waals surface area contributed by atoms with E-state index in [0.717, 1.165) is 25.9 Å². The lowest BCUT2D eigenvalue weighted by molar-refractivity contribution is -0.131. The van der Waals surface area contributed by atoms with Crippen molar-refractivity contribution in [2.24, 2.45) is 11.1 Å². The van der Waals surface area contributed by atoms with Gasteiger partial charge in [0.05, 0.1) is 9.92 Å². The first-order valence-corrected chi connectivity index (χ1v) is 9.86. The van der Waals surface area contributed by atoms with Gasteiger partial charge in [0.25, 0.3) is 6.47 Å². The van der Waals surface area contributed by atoms with Crippen LogP contribution in [-0.2, 0) is 19.4 Å². The Kier molecular flexibility index (Phi) is 6.62. The summed E-state index contributed by atoms with van der Waals surface area (Å²) in [6, 6.07) is 6.18. The number of ether oxygens (including phenoxy) is 1. The molecule has 1 fully saturated rings. The number of sulfone groups is 1. The summed E-state index contributed by atoms with van der Waals surface area (Å²) in [5.74, 6) is 0. The number of hydrogen-bond donors (Lipinski definition) is 2. The number of rotatable bonds is 8. The molecular formula is C16H23ClN2O4S. The molecule has 1 unspecified atom stereocenters. The van der Waals surface area contributed by atoms with E-state index in [1.165, 1.54) is 12.1 Å². The Morgan fingerprint density at radius 1 is 1.33 bits per heavy atom. The Morgan fingerprint density at radius 3 is 2.58 bits per heavy atom. The predicted molar refractivity (Wildman–Crippen MR) is 92.4 cm³/mol. The van der Waals surface area contributed by atoms with Crippen LogP contribution in [0, 0.1) is 5.41 Å². The van der Waals surface area contributed by atoms with Gasteiger partial charge < -0.3 is 15.8 Å². The Balaban J connectivity index is 2.34. The molecule has 0 amide bonds. The van der Waals surface area contributed by atoms with Gasteiger partial charge in [-0.1, -0.05) is 23.7 Å². The van der Waals surface area contributed by atoms with Crippen molar-refractivity contribution in [3.8, 4) is 0 Å². The highest BCUT2D eigenvalue weighted by atomic mass is 35.5. The summed E-state index contributed by atoms with van der Waals surface area (Å²) in [5, 5.41) is 3.38. The van der Waals surface area contributed by atoms with Gasteiger partial charge in [0.15, 0.2) is 0 Å². The fraction of sp³-hybridized carbons (Fsp3) is 0.562. The van der Waals surface area contributed by atoms with Crippen LogP contribution >= 0.6 is 11.6 Å². The highest BCUT2D eigenvalue weighted by Gasteiger charge is 2.40. The van der Waals surface area contributed by atoms with Crippen LogP contribution < -0.4 is 11.1 Å². The van der Waals surface area contributed by atoms with E-state index in [-0.39, 0.29) is 28.2 Å². The second kappa shape index (κ2) is 8.29. The van der Waals surface area contributed by atoms with Crippen LogP contribution in [0.25, 0.3) is 0 Å². The topological polar surface area (TPSA) is 98.5 Å². The van der Waals surface area contributed by atoms with E-state index < -0.39 is 15.3 Å². The number of carbonyl (C=O) groups is 1. The zero-order valence-electron chi connectivity index (χ0n) is 13.4. The van der Waals surface area contributed by atoms with E-state index in [0.29, 0.717) is 13.0 Å². The van der Waals surface area contributed by atoms with Gasteiger partial charge in [-0.2, -0.15) is 0 Å². The molecule has 0 aromatic heterocycles. The van der Waals surface area contributed by atoms with E-state index in [4.69, 9.17) is 22.1 Å². The van der Waals surface area contributed by atoms with Gasteiger partial charge >= 0.3 is 0 Å². The molecular weight excluding hydrogens is 352 g/mol. The molecule has 3 N–H and O–H groups in total. The van der Waals surface area contributed by atoms with Crippen molar-refractivity contribution >= 4 is 27.9 Å². The lowest BCUT2D eigenvalue weighted by Gasteiger charge is -2.39. The SMILES string of the molecule is NCCC1(CC(OC=O)S(=O)(=O)c2ccccc2Cl)CCNCC1. The smallest absolute Gasteiger partial charge is 0.294 e. The fourth-order valence-corrected chi connectivity index (χ4v) is 5.40. The fourth-order valence-electron chi connectivity index (χ4n) is 3.28. The molecule has 1 aromatic rings. The van der Waals surface area contributed by atoms with Crippen LogP contribution in [0.4, 0.5) is 0 Å². The minimum atomic E-state index is -3.90. The zero-order chi connectivity index (χ0) is 17.6. The molecule has 1 atom stereocenters. The van der Waals surface area contributed by atoms with Gasteiger partial charge in [-0.05, 0) is 56.4 Å². The molecule has 0 spiro atoms. The highest BCUT2D eigenvalue weighted by Crippen LogP contribution is 2.40. The number of nitrogens with two attached hydrogens (primary N) is 1. The largest absolute Gasteiger partial charge is 0.448 e. The predicted octanol–water partition coefficient (Wildman–Crippen LogP) is 1.72. The van der Waals surface area contributed by atoms with Crippen molar-refractivity contribution in [2.75, 3.05) is 19.6 Å². The first kappa shape index (κ1) is 19.2. The van der Waals surface area contributed by atoms with Crippen molar-refractivity contribution in [1.82, 2.24) is 5.32 Å². The molecule has 0 aliphatic carbocycles. The van der Waals surface area contributed by atoms with Crippen molar-refractivity contribution in [1.29, 1.82) is 0 Å². The van der Waals surface area contributed by atoms with E-state index in [2.05, 4.69) is 5.32 Å². The summed E-state index contributed by atoms with van der Waals surface area (Å²) in [5.41, 5.74) is 4.21. The van der Waals surface area contributed by atoms with E-state index in [9.17, 15) is 13.2 Å². The first-order valence-electron chi connectivity index (χ1n) is 7.93. The highest BCUT2D eigenvalue weighted by molar-refractivity contribution is 7.92. The molecule has 1 aliphatic rings. The van der Waals surface area contributed by atoms with Crippen molar-refractivity contribution in [2.45, 2.75) is 36.0 Å². The summed E-state index contributed by atoms with van der Waals surface area (Å²) in [6.45, 7) is 2.23. The first-order chi connectivity index (χ1) is 11.4. The summed E-state index contributed by atoms with van der Waals surface area (Å²) < 4.78 is 30.9. The number of piperidine rings is 1. The average Bonchev–Trinajstić information content (AvgIpc) is 2.56. The van der Waals surface area contributed by atoms with Gasteiger partial charge in [-0.15, -0.1) is 0 Å². The van der Waals surface area contributed by atoms with Crippen LogP contribution in [0.3, 0.4) is 0 Å². The lowest BCUT2D eigenvalue weighted by atomic mass is 9.74. The van der Waals surface area contributed by atoms with Crippen molar-refractivity contribution in [3.05, 3.63) is 29.3 Å². The molecule has 0 radical (unpaired) electrons. The van der Waals surface area contributed by atoms with E-state index >= 15 is 0 Å². The minimum Gasteiger partial charge on any atom is -0.448 e. The second-order valence-electron chi connectivity index (χ2n) is 6.13. The number of hydrogen-bond acceptors (Lipinski definition) is 6. The molecule has 1 aromatic carbocycles. The number of nitrogens with one attached hydrogen (secondary N) is 1. The zero-order valence-corrected chi connectivity index (χ0v) is 15.0. The second-order valence-corrected chi connectivity index (χ2v) is 8.59. The number of halogens is 1. The summed E-state index contributed by atoms with van der Waals surface area (Å²) >= 11 is 6.04. The molecule has 134 valence electrons. The van der Waals surface area contributed by atoms with E-state index in [1.54, 1.807) is 12.1 Å². The Bertz CT molecular complexity index is 654. The summed E-state index contributed by atoms with van der Waals surface area (Å²) in [7, 11) is -3.90. The van der Waals surface area contributed by atoms with Gasteiger partial charge in [0.2, 0.25) is 15.3 Å². The normalized spacial score (nSPS) is 18.8. The number of carbonyl (C=O) groups excluding carboxylic acids is 1. The molecule has 0 saturated carbocycles. The maximum absolute atomic E-state index is 12.9. The van der Waals surface area contributed by atoms with Crippen LogP contribution in [0.5, 0.6) is 0 Å². The summed E-state index contributed by atoms with van der Waals surface area (Å²) in [6.07, 6.45) is 2.49. The molecule has 0 bridgehead atoms. The Labute approximate surface area is 147 Å². The van der Waals surface area contributed by atoms with Crippen molar-refractivity contribution < 1.29 is 17.9 Å². The molecule has 24 heavy (non-hydrogen) atoms. The quantitative estimate of drug-likeness (QED) is 0.672. The van der Waals surface area contributed by atoms with Gasteiger partial charge in [0.1, 0.15) is 0 Å². The van der Waals surface area contributed by atoms with Gasteiger partial charge in [0, 0.05) is 6.42 Å². The third-order valence-electron chi connectivity index (χ3n) is 4.64. The van der Waals surface area contributed by atoms with Crippen molar-refractivity contribution in [3.63, 3.8) is 0 Å². The maximum Gasteiger partial charge on any atom is 0.294 e. The van der Waals surface area contributed by atoms with E-state index in [1.807, 2.05) is 0 Å². The summed E-state index contributed by atoms with van der Waals surface area (Å²) in [4.78, 5) is 10.9. The van der Waals surface area contributed by atoms with Gasteiger partial charge in [-0.3, -0.25) is 4.79 Å². The van der Waals surface area contributed by atoms with Crippen LogP contribution in [0.2, 0.25) is 5.02 Å². The van der Waals surface area contributed by atoms with Gasteiger partial charge in [-0.25, -0.2) is 8.42 Å². The van der Waals surface area contributed by atoms with Crippen LogP contribution in [0.15, 0.2) is 29.2 Å². The van der Waals surface area contributed by atoms with Crippen LogP contribution in [0.1, 0.15) is 25.7 Å². The molecule has 6 nitrogen and oxygen atoms in total. The number of benzene rings is 1. The maximum atomic E-state index is 12.9. The Morgan fingerprint density at radius 2 is 2.00 bits per heavy atom. The lowest BCUT2D eigenvalue weighted by Crippen LogP contribution is -2.42. The monoisotopic (exact) mass is 374 g/mol. The third-order valence-corrected chi connectivity index (χ3v) is 7.02. The molecule has 1 heterocycles. The third kappa shape index (κ3) is 4.27. The minimum absolute atomic E-state index is 0.0182. The Hall–Kier alpha value is -1.15. The average molecular weight is 375 g/mol.